The lowest BCUT2D eigenvalue weighted by Gasteiger charge is -2.22. The molecule has 88 heavy (non-hydrogen) atoms. The van der Waals surface area contributed by atoms with E-state index in [1.54, 1.807) is 0 Å². The molecule has 0 radical (unpaired) electrons. The van der Waals surface area contributed by atoms with Gasteiger partial charge in [0, 0.05) is 12.8 Å². The van der Waals surface area contributed by atoms with Crippen LogP contribution in [0.25, 0.3) is 0 Å². The first-order chi connectivity index (χ1) is 43.5. The molecule has 2 unspecified atom stereocenters. The number of carbonyl (C=O) groups excluding carboxylic acids is 2. The summed E-state index contributed by atoms with van der Waals surface area (Å²) in [6.07, 6.45) is 102. The molecule has 0 fully saturated rings. The van der Waals surface area contributed by atoms with E-state index in [0.717, 1.165) is 57.8 Å². The van der Waals surface area contributed by atoms with E-state index < -0.39 is 12.1 Å². The quantitative estimate of drug-likeness (QED) is 0.0320. The third-order valence-corrected chi connectivity index (χ3v) is 18.6. The highest BCUT2D eigenvalue weighted by Gasteiger charge is 2.20. The summed E-state index contributed by atoms with van der Waals surface area (Å²) in [7, 11) is 0. The summed E-state index contributed by atoms with van der Waals surface area (Å²) in [6.45, 7) is 4.97. The average Bonchev–Trinajstić information content (AvgIpc) is 3.58. The van der Waals surface area contributed by atoms with E-state index in [0.29, 0.717) is 25.9 Å². The summed E-state index contributed by atoms with van der Waals surface area (Å²) >= 11 is 0. The minimum Gasteiger partial charge on any atom is -0.466 e. The van der Waals surface area contributed by atoms with E-state index >= 15 is 0 Å². The number of allylic oxidation sites excluding steroid dienone is 8. The molecule has 3 N–H and O–H groups in total. The van der Waals surface area contributed by atoms with Crippen molar-refractivity contribution in [1.29, 1.82) is 0 Å². The lowest BCUT2D eigenvalue weighted by Crippen LogP contribution is -2.45. The summed E-state index contributed by atoms with van der Waals surface area (Å²) < 4.78 is 5.51. The molecule has 6 heteroatoms. The van der Waals surface area contributed by atoms with Gasteiger partial charge in [0.15, 0.2) is 0 Å². The number of nitrogens with one attached hydrogen (secondary N) is 1. The van der Waals surface area contributed by atoms with Gasteiger partial charge in [0.25, 0.3) is 0 Å². The normalized spacial score (nSPS) is 12.7. The van der Waals surface area contributed by atoms with Gasteiger partial charge in [-0.25, -0.2) is 0 Å². The summed E-state index contributed by atoms with van der Waals surface area (Å²) in [5.41, 5.74) is 0. The van der Waals surface area contributed by atoms with Gasteiger partial charge < -0.3 is 20.3 Å². The lowest BCUT2D eigenvalue weighted by atomic mass is 10.0. The average molecular weight is 1240 g/mol. The number of ether oxygens (including phenoxy) is 1. The molecule has 0 heterocycles. The molecule has 0 aromatic carbocycles. The zero-order valence-electron chi connectivity index (χ0n) is 59.5. The maximum absolute atomic E-state index is 12.5. The maximum atomic E-state index is 12.5. The first-order valence-electron chi connectivity index (χ1n) is 39.9. The van der Waals surface area contributed by atoms with E-state index in [-0.39, 0.29) is 18.5 Å². The third kappa shape index (κ3) is 72.9. The molecule has 0 saturated carbocycles. The van der Waals surface area contributed by atoms with Crippen molar-refractivity contribution in [3.63, 3.8) is 0 Å². The van der Waals surface area contributed by atoms with Crippen LogP contribution in [0.5, 0.6) is 0 Å². The molecule has 0 aliphatic carbocycles. The Balaban J connectivity index is 3.37. The van der Waals surface area contributed by atoms with Crippen LogP contribution in [0, 0.1) is 0 Å². The molecule has 0 bridgehead atoms. The number of hydrogen-bond acceptors (Lipinski definition) is 5. The van der Waals surface area contributed by atoms with Crippen LogP contribution in [0.4, 0.5) is 0 Å². The summed E-state index contributed by atoms with van der Waals surface area (Å²) in [4.78, 5) is 24.7. The Morgan fingerprint density at radius 3 is 0.875 bits per heavy atom. The van der Waals surface area contributed by atoms with Crippen LogP contribution in [0.2, 0.25) is 0 Å². The first-order valence-corrected chi connectivity index (χ1v) is 39.9. The molecule has 0 aliphatic rings. The van der Waals surface area contributed by atoms with E-state index in [1.807, 2.05) is 0 Å². The van der Waals surface area contributed by atoms with Crippen molar-refractivity contribution in [2.75, 3.05) is 13.2 Å². The molecular formula is C82H155NO5. The summed E-state index contributed by atoms with van der Waals surface area (Å²) in [6, 6.07) is -0.541. The van der Waals surface area contributed by atoms with Gasteiger partial charge in [0.1, 0.15) is 0 Å². The highest BCUT2D eigenvalue weighted by molar-refractivity contribution is 5.76. The Bertz CT molecular complexity index is 1470. The molecule has 6 nitrogen and oxygen atoms in total. The Morgan fingerprint density at radius 2 is 0.568 bits per heavy atom. The second-order valence-corrected chi connectivity index (χ2v) is 27.4. The summed E-state index contributed by atoms with van der Waals surface area (Å²) in [5, 5.41) is 23.4. The van der Waals surface area contributed by atoms with E-state index in [9.17, 15) is 19.8 Å². The fourth-order valence-corrected chi connectivity index (χ4v) is 12.5. The van der Waals surface area contributed by atoms with Crippen LogP contribution in [-0.4, -0.2) is 47.4 Å². The fourth-order valence-electron chi connectivity index (χ4n) is 12.5. The van der Waals surface area contributed by atoms with Crippen molar-refractivity contribution in [3.8, 4) is 0 Å². The van der Waals surface area contributed by atoms with Crippen LogP contribution in [0.3, 0.4) is 0 Å². The van der Waals surface area contributed by atoms with Gasteiger partial charge >= 0.3 is 5.97 Å². The van der Waals surface area contributed by atoms with Crippen molar-refractivity contribution in [2.45, 2.75) is 450 Å². The predicted molar refractivity (Wildman–Crippen MR) is 389 cm³/mol. The maximum Gasteiger partial charge on any atom is 0.305 e. The van der Waals surface area contributed by atoms with Crippen molar-refractivity contribution in [2.24, 2.45) is 0 Å². The van der Waals surface area contributed by atoms with Crippen molar-refractivity contribution in [3.05, 3.63) is 48.6 Å². The number of aliphatic hydroxyl groups excluding tert-OH is 2. The Morgan fingerprint density at radius 1 is 0.318 bits per heavy atom. The smallest absolute Gasteiger partial charge is 0.305 e. The van der Waals surface area contributed by atoms with Gasteiger partial charge in [-0.1, -0.05) is 383 Å². The minimum atomic E-state index is -0.664. The van der Waals surface area contributed by atoms with Crippen LogP contribution in [0.1, 0.15) is 438 Å². The highest BCUT2D eigenvalue weighted by Crippen LogP contribution is 2.19. The Hall–Kier alpha value is -2.18. The number of carbonyl (C=O) groups is 2. The molecule has 0 aromatic rings. The van der Waals surface area contributed by atoms with Gasteiger partial charge in [-0.2, -0.15) is 0 Å². The number of rotatable bonds is 75. The van der Waals surface area contributed by atoms with E-state index in [1.165, 1.54) is 347 Å². The molecule has 0 saturated heterocycles. The topological polar surface area (TPSA) is 95.9 Å². The molecule has 0 rings (SSSR count). The van der Waals surface area contributed by atoms with Crippen LogP contribution >= 0.6 is 0 Å². The van der Waals surface area contributed by atoms with Crippen molar-refractivity contribution < 1.29 is 24.5 Å². The van der Waals surface area contributed by atoms with Crippen LogP contribution < -0.4 is 5.32 Å². The second-order valence-electron chi connectivity index (χ2n) is 27.4. The zero-order chi connectivity index (χ0) is 63.5. The van der Waals surface area contributed by atoms with E-state index in [4.69, 9.17) is 4.74 Å². The van der Waals surface area contributed by atoms with Gasteiger partial charge in [0.05, 0.1) is 25.4 Å². The standard InChI is InChI=1S/C82H155NO5/c1-3-5-7-9-11-13-15-17-19-21-42-46-50-54-58-62-66-70-74-80(85)79(78-84)83-81(86)75-71-67-63-59-55-51-47-43-40-38-36-34-32-30-28-26-24-23-25-27-29-31-33-35-37-39-41-45-49-53-57-61-65-69-73-77-88-82(87)76-72-68-64-60-56-52-48-44-22-20-18-16-14-12-10-8-6-4-2/h14,16,20,22,25,27,31,33,79-80,84-85H,3-13,15,17-19,21,23-24,26,28-30,32,34-78H2,1-2H3,(H,83,86)/b16-14-,22-20-,27-25-,33-31-. The van der Waals surface area contributed by atoms with Crippen molar-refractivity contribution >= 4 is 11.9 Å². The van der Waals surface area contributed by atoms with Crippen molar-refractivity contribution in [1.82, 2.24) is 5.32 Å². The number of hydrogen-bond donors (Lipinski definition) is 3. The Kier molecular flexibility index (Phi) is 75.4. The molecule has 0 aromatic heterocycles. The molecule has 2 atom stereocenters. The number of esters is 1. The SMILES string of the molecule is CCCCCC/C=C\C/C=C\CCCCCCCCCC(=O)OCCCCCCCCCCCCC/C=C\C/C=C\CCCCCCCCCCCCCCCCCCCC(=O)NC(CO)C(O)CCCCCCCCCCCCCCCCCCCC. The van der Waals surface area contributed by atoms with Crippen LogP contribution in [-0.2, 0) is 14.3 Å². The summed E-state index contributed by atoms with van der Waals surface area (Å²) in [5.74, 6) is -0.0188. The fraction of sp³-hybridized carbons (Fsp3) is 0.878. The minimum absolute atomic E-state index is 0.00991. The molecule has 518 valence electrons. The van der Waals surface area contributed by atoms with Gasteiger partial charge in [-0.15, -0.1) is 0 Å². The first kappa shape index (κ1) is 85.8. The lowest BCUT2D eigenvalue weighted by molar-refractivity contribution is -0.143. The van der Waals surface area contributed by atoms with Gasteiger partial charge in [-0.05, 0) is 89.9 Å². The number of unbranched alkanes of at least 4 members (excludes halogenated alkanes) is 56. The number of aliphatic hydroxyl groups is 2. The zero-order valence-corrected chi connectivity index (χ0v) is 59.5. The van der Waals surface area contributed by atoms with Crippen LogP contribution in [0.15, 0.2) is 48.6 Å². The second kappa shape index (κ2) is 77.3. The molecule has 0 aliphatic heterocycles. The molecule has 0 spiro atoms. The molecular weight excluding hydrogens is 1080 g/mol. The number of amides is 1. The largest absolute Gasteiger partial charge is 0.466 e. The molecule has 1 amide bonds. The van der Waals surface area contributed by atoms with E-state index in [2.05, 4.69) is 67.8 Å². The third-order valence-electron chi connectivity index (χ3n) is 18.6. The van der Waals surface area contributed by atoms with Gasteiger partial charge in [-0.3, -0.25) is 9.59 Å². The highest BCUT2D eigenvalue weighted by atomic mass is 16.5. The predicted octanol–water partition coefficient (Wildman–Crippen LogP) is 26.4. The van der Waals surface area contributed by atoms with Gasteiger partial charge in [0.2, 0.25) is 5.91 Å². The Labute approximate surface area is 550 Å². The monoisotopic (exact) mass is 1230 g/mol.